The highest BCUT2D eigenvalue weighted by molar-refractivity contribution is 7.89. The summed E-state index contributed by atoms with van der Waals surface area (Å²) in [5.41, 5.74) is 0.723. The van der Waals surface area contributed by atoms with E-state index in [1.54, 1.807) is 13.0 Å². The van der Waals surface area contributed by atoms with Crippen LogP contribution >= 0.6 is 0 Å². The summed E-state index contributed by atoms with van der Waals surface area (Å²) in [5.74, 6) is 0.641. The molecule has 1 aromatic rings. The maximum Gasteiger partial charge on any atom is 0.243 e. The van der Waals surface area contributed by atoms with Crippen molar-refractivity contribution in [3.05, 3.63) is 23.8 Å². The Morgan fingerprint density at radius 1 is 1.20 bits per heavy atom. The molecule has 0 aliphatic rings. The van der Waals surface area contributed by atoms with Gasteiger partial charge in [0.15, 0.2) is 0 Å². The molecule has 0 aliphatic carbocycles. The smallest absolute Gasteiger partial charge is 0.243 e. The van der Waals surface area contributed by atoms with Gasteiger partial charge in [-0.05, 0) is 37.6 Å². The second kappa shape index (κ2) is 7.58. The Morgan fingerprint density at radius 3 is 2.25 bits per heavy atom. The normalized spacial score (nSPS) is 11.8. The fourth-order valence-corrected chi connectivity index (χ4v) is 3.33. The first kappa shape index (κ1) is 16.9. The zero-order valence-electron chi connectivity index (χ0n) is 11.7. The Kier molecular flexibility index (Phi) is 6.41. The highest BCUT2D eigenvalue weighted by Gasteiger charge is 2.24. The van der Waals surface area contributed by atoms with Crippen molar-refractivity contribution >= 4 is 10.0 Å². The van der Waals surface area contributed by atoms with Gasteiger partial charge in [-0.1, -0.05) is 0 Å². The first-order valence-corrected chi connectivity index (χ1v) is 7.86. The zero-order chi connectivity index (χ0) is 15.2. The van der Waals surface area contributed by atoms with Gasteiger partial charge in [-0.15, -0.1) is 0 Å². The van der Waals surface area contributed by atoms with Crippen LogP contribution < -0.4 is 4.74 Å². The maximum absolute atomic E-state index is 12.4. The average molecular weight is 303 g/mol. The molecular weight excluding hydrogens is 282 g/mol. The highest BCUT2D eigenvalue weighted by atomic mass is 32.2. The van der Waals surface area contributed by atoms with Crippen molar-refractivity contribution in [3.63, 3.8) is 0 Å². The van der Waals surface area contributed by atoms with Crippen LogP contribution in [0.2, 0.25) is 0 Å². The molecule has 1 aromatic carbocycles. The SMILES string of the molecule is CCOc1ccc(S(=O)(=O)N(CCO)CCO)cc1C. The monoisotopic (exact) mass is 303 g/mol. The molecule has 0 heterocycles. The van der Waals surface area contributed by atoms with E-state index in [1.807, 2.05) is 6.92 Å². The summed E-state index contributed by atoms with van der Waals surface area (Å²) in [4.78, 5) is 0.125. The van der Waals surface area contributed by atoms with E-state index in [0.717, 1.165) is 9.87 Å². The van der Waals surface area contributed by atoms with Gasteiger partial charge in [0.1, 0.15) is 5.75 Å². The molecule has 2 N–H and O–H groups in total. The summed E-state index contributed by atoms with van der Waals surface area (Å²) < 4.78 is 31.2. The standard InChI is InChI=1S/C13H21NO5S/c1-3-19-13-5-4-12(10-11(13)2)20(17,18)14(6-8-15)7-9-16/h4-5,10,15-16H,3,6-9H2,1-2H3. The van der Waals surface area contributed by atoms with Crippen molar-refractivity contribution in [1.29, 1.82) is 0 Å². The molecule has 0 radical (unpaired) electrons. The van der Waals surface area contributed by atoms with E-state index in [-0.39, 0.29) is 31.2 Å². The number of aliphatic hydroxyl groups excluding tert-OH is 2. The van der Waals surface area contributed by atoms with Gasteiger partial charge in [0, 0.05) is 13.1 Å². The van der Waals surface area contributed by atoms with Crippen LogP contribution in [0, 0.1) is 6.92 Å². The number of rotatable bonds is 8. The lowest BCUT2D eigenvalue weighted by atomic mass is 10.2. The van der Waals surface area contributed by atoms with E-state index in [4.69, 9.17) is 14.9 Å². The Balaban J connectivity index is 3.10. The van der Waals surface area contributed by atoms with Crippen LogP contribution in [-0.2, 0) is 10.0 Å². The minimum absolute atomic E-state index is 0.0465. The molecule has 0 fully saturated rings. The van der Waals surface area contributed by atoms with Gasteiger partial charge in [-0.2, -0.15) is 4.31 Å². The molecule has 0 bridgehead atoms. The molecule has 0 saturated heterocycles. The summed E-state index contributed by atoms with van der Waals surface area (Å²) in [6.07, 6.45) is 0. The molecule has 0 spiro atoms. The van der Waals surface area contributed by atoms with Gasteiger partial charge in [0.25, 0.3) is 0 Å². The fourth-order valence-electron chi connectivity index (χ4n) is 1.82. The van der Waals surface area contributed by atoms with E-state index >= 15 is 0 Å². The van der Waals surface area contributed by atoms with Gasteiger partial charge in [-0.3, -0.25) is 0 Å². The number of benzene rings is 1. The average Bonchev–Trinajstić information content (AvgIpc) is 2.41. The van der Waals surface area contributed by atoms with Crippen molar-refractivity contribution in [3.8, 4) is 5.75 Å². The second-order valence-corrected chi connectivity index (χ2v) is 6.15. The third-order valence-electron chi connectivity index (χ3n) is 2.78. The second-order valence-electron chi connectivity index (χ2n) is 4.21. The van der Waals surface area contributed by atoms with E-state index in [9.17, 15) is 8.42 Å². The number of aliphatic hydroxyl groups is 2. The number of hydrogen-bond donors (Lipinski definition) is 2. The minimum Gasteiger partial charge on any atom is -0.494 e. The van der Waals surface area contributed by atoms with Gasteiger partial charge >= 0.3 is 0 Å². The van der Waals surface area contributed by atoms with E-state index in [1.165, 1.54) is 12.1 Å². The first-order valence-electron chi connectivity index (χ1n) is 6.42. The molecule has 0 aliphatic heterocycles. The molecule has 1 rings (SSSR count). The topological polar surface area (TPSA) is 87.1 Å². The largest absolute Gasteiger partial charge is 0.494 e. The molecule has 0 unspecified atom stereocenters. The number of hydrogen-bond acceptors (Lipinski definition) is 5. The molecule has 7 heteroatoms. The maximum atomic E-state index is 12.4. The Hall–Kier alpha value is -1.15. The van der Waals surface area contributed by atoms with Gasteiger partial charge < -0.3 is 14.9 Å². The summed E-state index contributed by atoms with van der Waals surface area (Å²) in [6, 6.07) is 4.61. The molecule has 0 saturated carbocycles. The molecule has 114 valence electrons. The Morgan fingerprint density at radius 2 is 1.80 bits per heavy atom. The lowest BCUT2D eigenvalue weighted by Gasteiger charge is -2.20. The van der Waals surface area contributed by atoms with Crippen LogP contribution in [0.3, 0.4) is 0 Å². The van der Waals surface area contributed by atoms with E-state index in [2.05, 4.69) is 0 Å². The third-order valence-corrected chi connectivity index (χ3v) is 4.68. The van der Waals surface area contributed by atoms with E-state index < -0.39 is 10.0 Å². The lowest BCUT2D eigenvalue weighted by Crippen LogP contribution is -2.35. The highest BCUT2D eigenvalue weighted by Crippen LogP contribution is 2.23. The van der Waals surface area contributed by atoms with Gasteiger partial charge in [-0.25, -0.2) is 8.42 Å². The van der Waals surface area contributed by atoms with Crippen molar-refractivity contribution in [1.82, 2.24) is 4.31 Å². The third kappa shape index (κ3) is 3.92. The molecule has 0 amide bonds. The quantitative estimate of drug-likeness (QED) is 0.724. The van der Waals surface area contributed by atoms with Crippen LogP contribution in [0.25, 0.3) is 0 Å². The lowest BCUT2D eigenvalue weighted by molar-refractivity contribution is 0.217. The van der Waals surface area contributed by atoms with Crippen LogP contribution in [-0.4, -0.2) is 55.8 Å². The van der Waals surface area contributed by atoms with Gasteiger partial charge in [0.2, 0.25) is 10.0 Å². The number of ether oxygens (including phenoxy) is 1. The zero-order valence-corrected chi connectivity index (χ0v) is 12.6. The number of aryl methyl sites for hydroxylation is 1. The van der Waals surface area contributed by atoms with Gasteiger partial charge in [0.05, 0.1) is 24.7 Å². The first-order chi connectivity index (χ1) is 9.47. The van der Waals surface area contributed by atoms with Crippen molar-refractivity contribution < 1.29 is 23.4 Å². The van der Waals surface area contributed by atoms with Crippen LogP contribution in [0.1, 0.15) is 12.5 Å². The summed E-state index contributed by atoms with van der Waals surface area (Å²) in [7, 11) is -3.72. The van der Waals surface area contributed by atoms with E-state index in [0.29, 0.717) is 12.4 Å². The number of nitrogens with zero attached hydrogens (tertiary/aromatic N) is 1. The predicted octanol–water partition coefficient (Wildman–Crippen LogP) is 0.369. The predicted molar refractivity (Wildman–Crippen MR) is 75.3 cm³/mol. The molecule has 0 aromatic heterocycles. The molecule has 0 atom stereocenters. The fraction of sp³-hybridized carbons (Fsp3) is 0.538. The summed E-state index contributed by atoms with van der Waals surface area (Å²) >= 11 is 0. The molecule has 20 heavy (non-hydrogen) atoms. The van der Waals surface area contributed by atoms with Crippen LogP contribution in [0.5, 0.6) is 5.75 Å². The molecule has 6 nitrogen and oxygen atoms in total. The van der Waals surface area contributed by atoms with Crippen LogP contribution in [0.15, 0.2) is 23.1 Å². The van der Waals surface area contributed by atoms with Crippen LogP contribution in [0.4, 0.5) is 0 Å². The van der Waals surface area contributed by atoms with Crippen molar-refractivity contribution in [2.45, 2.75) is 18.7 Å². The van der Waals surface area contributed by atoms with Crippen molar-refractivity contribution in [2.24, 2.45) is 0 Å². The number of sulfonamides is 1. The Bertz CT molecular complexity index is 524. The summed E-state index contributed by atoms with van der Waals surface area (Å²) in [6.45, 7) is 3.45. The Labute approximate surface area is 119 Å². The summed E-state index contributed by atoms with van der Waals surface area (Å²) in [5, 5.41) is 17.9. The molecular formula is C13H21NO5S. The minimum atomic E-state index is -3.72. The van der Waals surface area contributed by atoms with Crippen molar-refractivity contribution in [2.75, 3.05) is 32.9 Å².